The molecule has 0 spiro atoms. The first kappa shape index (κ1) is 8.59. The van der Waals surface area contributed by atoms with Gasteiger partial charge in [0.25, 0.3) is 0 Å². The molecule has 0 heteroatoms. The van der Waals surface area contributed by atoms with E-state index in [0.717, 1.165) is 11.8 Å². The largest absolute Gasteiger partial charge is 0.0596 e. The summed E-state index contributed by atoms with van der Waals surface area (Å²) in [6, 6.07) is 0. The van der Waals surface area contributed by atoms with E-state index in [1.807, 2.05) is 0 Å². The molecular formula is C12H22. The van der Waals surface area contributed by atoms with E-state index in [0.29, 0.717) is 10.8 Å². The second kappa shape index (κ2) is 2.27. The minimum Gasteiger partial charge on any atom is -0.0596 e. The lowest BCUT2D eigenvalue weighted by atomic mass is 9.42. The molecule has 0 saturated heterocycles. The maximum Gasteiger partial charge on any atom is -0.0282 e. The molecule has 2 aliphatic carbocycles. The molecule has 2 fully saturated rings. The third-order valence-corrected chi connectivity index (χ3v) is 4.22. The monoisotopic (exact) mass is 166 g/mol. The van der Waals surface area contributed by atoms with Crippen molar-refractivity contribution < 1.29 is 0 Å². The minimum atomic E-state index is 0.647. The van der Waals surface area contributed by atoms with Crippen molar-refractivity contribution in [1.82, 2.24) is 0 Å². The first-order valence-electron chi connectivity index (χ1n) is 5.43. The Morgan fingerprint density at radius 2 is 1.42 bits per heavy atom. The predicted octanol–water partition coefficient (Wildman–Crippen LogP) is 3.86. The minimum absolute atomic E-state index is 0.647. The van der Waals surface area contributed by atoms with Gasteiger partial charge in [-0.05, 0) is 29.1 Å². The Labute approximate surface area is 76.7 Å². The maximum atomic E-state index is 2.46. The standard InChI is InChI=1S/C12H22/c1-11(2)8-12(3,4)10(11)9-6-5-7-9/h9-10H,5-8H2,1-4H3. The van der Waals surface area contributed by atoms with Crippen LogP contribution in [0.15, 0.2) is 0 Å². The van der Waals surface area contributed by atoms with Crippen molar-refractivity contribution in [3.63, 3.8) is 0 Å². The van der Waals surface area contributed by atoms with Gasteiger partial charge in [-0.1, -0.05) is 47.0 Å². The lowest BCUT2D eigenvalue weighted by Crippen LogP contribution is -2.54. The molecule has 0 N–H and O–H groups in total. The van der Waals surface area contributed by atoms with Gasteiger partial charge in [-0.2, -0.15) is 0 Å². The maximum absolute atomic E-state index is 2.46. The molecule has 0 aromatic carbocycles. The Morgan fingerprint density at radius 3 is 1.58 bits per heavy atom. The highest BCUT2D eigenvalue weighted by Crippen LogP contribution is 2.64. The van der Waals surface area contributed by atoms with E-state index in [2.05, 4.69) is 27.7 Å². The van der Waals surface area contributed by atoms with Crippen LogP contribution in [-0.2, 0) is 0 Å². The van der Waals surface area contributed by atoms with Gasteiger partial charge in [0.1, 0.15) is 0 Å². The summed E-state index contributed by atoms with van der Waals surface area (Å²) in [5.74, 6) is 2.09. The van der Waals surface area contributed by atoms with Crippen molar-refractivity contribution in [2.24, 2.45) is 22.7 Å². The number of hydrogen-bond donors (Lipinski definition) is 0. The van der Waals surface area contributed by atoms with Crippen LogP contribution >= 0.6 is 0 Å². The van der Waals surface area contributed by atoms with Gasteiger partial charge in [-0.15, -0.1) is 0 Å². The summed E-state index contributed by atoms with van der Waals surface area (Å²) in [6.07, 6.45) is 5.95. The summed E-state index contributed by atoms with van der Waals surface area (Å²) >= 11 is 0. The third kappa shape index (κ3) is 1.03. The first-order chi connectivity index (χ1) is 5.43. The van der Waals surface area contributed by atoms with Gasteiger partial charge in [0.2, 0.25) is 0 Å². The quantitative estimate of drug-likeness (QED) is 0.555. The molecule has 2 aliphatic rings. The average molecular weight is 166 g/mol. The second-order valence-corrected chi connectivity index (χ2v) is 6.32. The molecule has 0 aromatic rings. The van der Waals surface area contributed by atoms with Crippen molar-refractivity contribution in [2.45, 2.75) is 53.4 Å². The third-order valence-electron chi connectivity index (χ3n) is 4.22. The fourth-order valence-corrected chi connectivity index (χ4v) is 4.37. The van der Waals surface area contributed by atoms with Crippen LogP contribution in [0.25, 0.3) is 0 Å². The smallest absolute Gasteiger partial charge is 0.0282 e. The van der Waals surface area contributed by atoms with Crippen molar-refractivity contribution >= 4 is 0 Å². The van der Waals surface area contributed by atoms with Crippen LogP contribution in [0, 0.1) is 22.7 Å². The molecule has 0 nitrogen and oxygen atoms in total. The predicted molar refractivity (Wildman–Crippen MR) is 53.0 cm³/mol. The molecule has 0 radical (unpaired) electrons. The molecule has 0 aliphatic heterocycles. The molecule has 2 rings (SSSR count). The van der Waals surface area contributed by atoms with Crippen molar-refractivity contribution in [3.8, 4) is 0 Å². The SMILES string of the molecule is CC1(C)CC(C)(C)C1C1CCC1. The Morgan fingerprint density at radius 1 is 0.917 bits per heavy atom. The van der Waals surface area contributed by atoms with Gasteiger partial charge < -0.3 is 0 Å². The van der Waals surface area contributed by atoms with Crippen LogP contribution in [0.5, 0.6) is 0 Å². The highest BCUT2D eigenvalue weighted by molar-refractivity contribution is 5.05. The van der Waals surface area contributed by atoms with E-state index in [1.54, 1.807) is 0 Å². The number of rotatable bonds is 1. The Hall–Kier alpha value is 0. The summed E-state index contributed by atoms with van der Waals surface area (Å²) in [7, 11) is 0. The van der Waals surface area contributed by atoms with Crippen LogP contribution in [0.2, 0.25) is 0 Å². The van der Waals surface area contributed by atoms with Gasteiger partial charge in [0, 0.05) is 0 Å². The molecule has 0 atom stereocenters. The van der Waals surface area contributed by atoms with Crippen LogP contribution in [-0.4, -0.2) is 0 Å². The lowest BCUT2D eigenvalue weighted by Gasteiger charge is -2.62. The highest BCUT2D eigenvalue weighted by atomic mass is 14.6. The molecule has 2 saturated carbocycles. The number of hydrogen-bond acceptors (Lipinski definition) is 0. The fraction of sp³-hybridized carbons (Fsp3) is 1.00. The molecular weight excluding hydrogens is 144 g/mol. The zero-order chi connectivity index (χ0) is 8.98. The second-order valence-electron chi connectivity index (χ2n) is 6.32. The van der Waals surface area contributed by atoms with Crippen molar-refractivity contribution in [2.75, 3.05) is 0 Å². The molecule has 0 bridgehead atoms. The normalized spacial score (nSPS) is 34.0. The molecule has 70 valence electrons. The van der Waals surface area contributed by atoms with E-state index in [-0.39, 0.29) is 0 Å². The van der Waals surface area contributed by atoms with Crippen LogP contribution < -0.4 is 0 Å². The summed E-state index contributed by atoms with van der Waals surface area (Å²) in [6.45, 7) is 9.84. The summed E-state index contributed by atoms with van der Waals surface area (Å²) in [5, 5.41) is 0. The van der Waals surface area contributed by atoms with E-state index in [9.17, 15) is 0 Å². The summed E-state index contributed by atoms with van der Waals surface area (Å²) in [5.41, 5.74) is 1.29. The zero-order valence-electron chi connectivity index (χ0n) is 8.98. The van der Waals surface area contributed by atoms with Gasteiger partial charge in [0.05, 0.1) is 0 Å². The van der Waals surface area contributed by atoms with Crippen molar-refractivity contribution in [1.29, 1.82) is 0 Å². The first-order valence-corrected chi connectivity index (χ1v) is 5.43. The fourth-order valence-electron chi connectivity index (χ4n) is 4.37. The highest BCUT2D eigenvalue weighted by Gasteiger charge is 2.56. The van der Waals surface area contributed by atoms with Crippen LogP contribution in [0.4, 0.5) is 0 Å². The Kier molecular flexibility index (Phi) is 1.63. The van der Waals surface area contributed by atoms with Gasteiger partial charge in [0.15, 0.2) is 0 Å². The van der Waals surface area contributed by atoms with E-state index in [4.69, 9.17) is 0 Å². The van der Waals surface area contributed by atoms with Gasteiger partial charge >= 0.3 is 0 Å². The van der Waals surface area contributed by atoms with E-state index < -0.39 is 0 Å². The van der Waals surface area contributed by atoms with Gasteiger partial charge in [-0.3, -0.25) is 0 Å². The van der Waals surface area contributed by atoms with Crippen molar-refractivity contribution in [3.05, 3.63) is 0 Å². The van der Waals surface area contributed by atoms with Gasteiger partial charge in [-0.25, -0.2) is 0 Å². The summed E-state index contributed by atoms with van der Waals surface area (Å²) in [4.78, 5) is 0. The Bertz CT molecular complexity index is 170. The molecule has 0 heterocycles. The molecule has 0 aromatic heterocycles. The van der Waals surface area contributed by atoms with E-state index in [1.165, 1.54) is 25.7 Å². The molecule has 0 unspecified atom stereocenters. The zero-order valence-corrected chi connectivity index (χ0v) is 8.98. The Balaban J connectivity index is 2.09. The topological polar surface area (TPSA) is 0 Å². The molecule has 12 heavy (non-hydrogen) atoms. The van der Waals surface area contributed by atoms with Crippen LogP contribution in [0.3, 0.4) is 0 Å². The average Bonchev–Trinajstić information content (AvgIpc) is 1.75. The summed E-state index contributed by atoms with van der Waals surface area (Å²) < 4.78 is 0. The molecule has 0 amide bonds. The van der Waals surface area contributed by atoms with Crippen LogP contribution in [0.1, 0.15) is 53.4 Å². The lowest BCUT2D eigenvalue weighted by molar-refractivity contribution is -0.133. The van der Waals surface area contributed by atoms with E-state index >= 15 is 0 Å².